The summed E-state index contributed by atoms with van der Waals surface area (Å²) in [6.45, 7) is 4.85. The molecule has 0 spiro atoms. The quantitative estimate of drug-likeness (QED) is 0.748. The molecule has 3 rings (SSSR count). The third-order valence-corrected chi connectivity index (χ3v) is 4.95. The van der Waals surface area contributed by atoms with Crippen LogP contribution in [0.15, 0.2) is 48.5 Å². The standard InChI is InChI=1S/C21H23ClN2O2/c1-16-4-2-5-17(14-16)20(25)8-9-21(26)24-12-10-23(11-13-24)19-7-3-6-18(22)15-19/h2-7,14-15H,8-13H2,1H3. The molecule has 2 aromatic rings. The molecule has 26 heavy (non-hydrogen) atoms. The van der Waals surface area contributed by atoms with Crippen molar-refractivity contribution in [3.63, 3.8) is 0 Å². The number of piperazine rings is 1. The SMILES string of the molecule is Cc1cccc(C(=O)CCC(=O)N2CCN(c3cccc(Cl)c3)CC2)c1. The van der Waals surface area contributed by atoms with Crippen molar-refractivity contribution >= 4 is 29.0 Å². The number of carbonyl (C=O) groups excluding carboxylic acids is 2. The topological polar surface area (TPSA) is 40.6 Å². The molecule has 2 aromatic carbocycles. The fourth-order valence-electron chi connectivity index (χ4n) is 3.23. The number of nitrogens with zero attached hydrogens (tertiary/aromatic N) is 2. The number of halogens is 1. The second-order valence-electron chi connectivity index (χ2n) is 6.64. The summed E-state index contributed by atoms with van der Waals surface area (Å²) in [5, 5.41) is 0.718. The maximum Gasteiger partial charge on any atom is 0.223 e. The van der Waals surface area contributed by atoms with Crippen molar-refractivity contribution in [1.29, 1.82) is 0 Å². The highest BCUT2D eigenvalue weighted by molar-refractivity contribution is 6.30. The van der Waals surface area contributed by atoms with Crippen LogP contribution in [0.3, 0.4) is 0 Å². The van der Waals surface area contributed by atoms with Gasteiger partial charge in [-0.25, -0.2) is 0 Å². The van der Waals surface area contributed by atoms with Crippen molar-refractivity contribution in [3.05, 3.63) is 64.7 Å². The molecular formula is C21H23ClN2O2. The Morgan fingerprint density at radius 1 is 0.962 bits per heavy atom. The number of anilines is 1. The molecule has 1 aliphatic heterocycles. The monoisotopic (exact) mass is 370 g/mol. The summed E-state index contributed by atoms with van der Waals surface area (Å²) in [5.41, 5.74) is 2.82. The maximum atomic E-state index is 12.4. The van der Waals surface area contributed by atoms with Gasteiger partial charge in [0.15, 0.2) is 5.78 Å². The molecule has 1 amide bonds. The van der Waals surface area contributed by atoms with Crippen LogP contribution in [0, 0.1) is 6.92 Å². The molecular weight excluding hydrogens is 348 g/mol. The second-order valence-corrected chi connectivity index (χ2v) is 7.08. The Labute approximate surface area is 159 Å². The van der Waals surface area contributed by atoms with E-state index in [4.69, 9.17) is 11.6 Å². The lowest BCUT2D eigenvalue weighted by Crippen LogP contribution is -2.48. The Hall–Kier alpha value is -2.33. The van der Waals surface area contributed by atoms with Crippen LogP contribution in [-0.2, 0) is 4.79 Å². The molecule has 0 radical (unpaired) electrons. The second kappa shape index (κ2) is 8.37. The van der Waals surface area contributed by atoms with Gasteiger partial charge in [0, 0.05) is 55.3 Å². The minimum atomic E-state index is 0.0274. The van der Waals surface area contributed by atoms with Gasteiger partial charge in [-0.3, -0.25) is 9.59 Å². The largest absolute Gasteiger partial charge is 0.368 e. The molecule has 5 heteroatoms. The lowest BCUT2D eigenvalue weighted by atomic mass is 10.0. The lowest BCUT2D eigenvalue weighted by molar-refractivity contribution is -0.131. The maximum absolute atomic E-state index is 12.4. The van der Waals surface area contributed by atoms with Gasteiger partial charge < -0.3 is 9.80 Å². The van der Waals surface area contributed by atoms with E-state index in [9.17, 15) is 9.59 Å². The lowest BCUT2D eigenvalue weighted by Gasteiger charge is -2.36. The summed E-state index contributed by atoms with van der Waals surface area (Å²) in [5.74, 6) is 0.0800. The molecule has 4 nitrogen and oxygen atoms in total. The number of Topliss-reactive ketones (excluding diaryl/α,β-unsaturated/α-hetero) is 1. The van der Waals surface area contributed by atoms with E-state index in [0.717, 1.165) is 29.4 Å². The number of hydrogen-bond acceptors (Lipinski definition) is 3. The first-order valence-electron chi connectivity index (χ1n) is 8.91. The van der Waals surface area contributed by atoms with Crippen molar-refractivity contribution in [2.45, 2.75) is 19.8 Å². The van der Waals surface area contributed by atoms with E-state index in [1.807, 2.05) is 60.4 Å². The first kappa shape index (κ1) is 18.5. The molecule has 0 atom stereocenters. The Balaban J connectivity index is 1.48. The van der Waals surface area contributed by atoms with Gasteiger partial charge in [-0.1, -0.05) is 41.4 Å². The van der Waals surface area contributed by atoms with Crippen molar-refractivity contribution in [1.82, 2.24) is 4.90 Å². The van der Waals surface area contributed by atoms with Gasteiger partial charge in [-0.2, -0.15) is 0 Å². The number of carbonyl (C=O) groups is 2. The molecule has 0 N–H and O–H groups in total. The first-order chi connectivity index (χ1) is 12.5. The Bertz CT molecular complexity index is 798. The van der Waals surface area contributed by atoms with Gasteiger partial charge in [0.1, 0.15) is 0 Å². The summed E-state index contributed by atoms with van der Waals surface area (Å²) < 4.78 is 0. The van der Waals surface area contributed by atoms with Crippen LogP contribution in [0.25, 0.3) is 0 Å². The predicted octanol–water partition coefficient (Wildman–Crippen LogP) is 3.96. The van der Waals surface area contributed by atoms with Crippen LogP contribution in [0.5, 0.6) is 0 Å². The highest BCUT2D eigenvalue weighted by Crippen LogP contribution is 2.21. The Morgan fingerprint density at radius 3 is 2.38 bits per heavy atom. The van der Waals surface area contributed by atoms with E-state index >= 15 is 0 Å². The van der Waals surface area contributed by atoms with Crippen molar-refractivity contribution in [3.8, 4) is 0 Å². The van der Waals surface area contributed by atoms with E-state index in [2.05, 4.69) is 4.90 Å². The number of ketones is 1. The normalized spacial score (nSPS) is 14.4. The van der Waals surface area contributed by atoms with Gasteiger partial charge >= 0.3 is 0 Å². The molecule has 0 aliphatic carbocycles. The molecule has 1 heterocycles. The van der Waals surface area contributed by atoms with Crippen molar-refractivity contribution in [2.75, 3.05) is 31.1 Å². The molecule has 0 unspecified atom stereocenters. The predicted molar refractivity (Wildman–Crippen MR) is 105 cm³/mol. The third kappa shape index (κ3) is 4.64. The molecule has 0 bridgehead atoms. The van der Waals surface area contributed by atoms with Gasteiger partial charge in [0.2, 0.25) is 5.91 Å². The summed E-state index contributed by atoms with van der Waals surface area (Å²) >= 11 is 6.05. The average Bonchev–Trinajstić information content (AvgIpc) is 2.66. The number of aryl methyl sites for hydroxylation is 1. The molecule has 1 fully saturated rings. The van der Waals surface area contributed by atoms with Gasteiger partial charge in [-0.05, 0) is 31.2 Å². The zero-order valence-corrected chi connectivity index (χ0v) is 15.7. The fourth-order valence-corrected chi connectivity index (χ4v) is 3.41. The van der Waals surface area contributed by atoms with Crippen LogP contribution in [-0.4, -0.2) is 42.8 Å². The minimum absolute atomic E-state index is 0.0274. The van der Waals surface area contributed by atoms with Crippen molar-refractivity contribution in [2.24, 2.45) is 0 Å². The highest BCUT2D eigenvalue weighted by Gasteiger charge is 2.22. The number of rotatable bonds is 5. The summed E-state index contributed by atoms with van der Waals surface area (Å²) in [7, 11) is 0. The molecule has 136 valence electrons. The first-order valence-corrected chi connectivity index (χ1v) is 9.29. The van der Waals surface area contributed by atoms with E-state index in [0.29, 0.717) is 18.7 Å². The molecule has 1 aliphatic rings. The van der Waals surface area contributed by atoms with E-state index < -0.39 is 0 Å². The van der Waals surface area contributed by atoms with Crippen LogP contribution in [0.1, 0.15) is 28.8 Å². The van der Waals surface area contributed by atoms with Gasteiger partial charge in [-0.15, -0.1) is 0 Å². The summed E-state index contributed by atoms with van der Waals surface area (Å²) in [6, 6.07) is 15.3. The fraction of sp³-hybridized carbons (Fsp3) is 0.333. The summed E-state index contributed by atoms with van der Waals surface area (Å²) in [4.78, 5) is 28.8. The third-order valence-electron chi connectivity index (χ3n) is 4.71. The molecule has 0 saturated carbocycles. The van der Waals surface area contributed by atoms with E-state index in [1.54, 1.807) is 0 Å². The number of amides is 1. The average molecular weight is 371 g/mol. The van der Waals surface area contributed by atoms with E-state index in [1.165, 1.54) is 0 Å². The zero-order valence-electron chi connectivity index (χ0n) is 15.0. The minimum Gasteiger partial charge on any atom is -0.368 e. The number of hydrogen-bond donors (Lipinski definition) is 0. The van der Waals surface area contributed by atoms with E-state index in [-0.39, 0.29) is 24.5 Å². The molecule has 0 aromatic heterocycles. The zero-order chi connectivity index (χ0) is 18.5. The molecule has 1 saturated heterocycles. The van der Waals surface area contributed by atoms with Crippen molar-refractivity contribution < 1.29 is 9.59 Å². The smallest absolute Gasteiger partial charge is 0.223 e. The van der Waals surface area contributed by atoms with Crippen LogP contribution < -0.4 is 4.90 Å². The van der Waals surface area contributed by atoms with Gasteiger partial charge in [0.05, 0.1) is 0 Å². The van der Waals surface area contributed by atoms with Crippen LogP contribution >= 0.6 is 11.6 Å². The highest BCUT2D eigenvalue weighted by atomic mass is 35.5. The number of benzene rings is 2. The Kier molecular flexibility index (Phi) is 5.94. The van der Waals surface area contributed by atoms with Crippen LogP contribution in [0.2, 0.25) is 5.02 Å². The Morgan fingerprint density at radius 2 is 1.69 bits per heavy atom. The van der Waals surface area contributed by atoms with Gasteiger partial charge in [0.25, 0.3) is 0 Å². The van der Waals surface area contributed by atoms with Crippen LogP contribution in [0.4, 0.5) is 5.69 Å². The summed E-state index contributed by atoms with van der Waals surface area (Å²) in [6.07, 6.45) is 0.529.